The van der Waals surface area contributed by atoms with Crippen molar-refractivity contribution < 1.29 is 19.1 Å². The minimum absolute atomic E-state index is 0.0353. The van der Waals surface area contributed by atoms with Gasteiger partial charge in [-0.3, -0.25) is 19.8 Å². The average molecular weight is 313 g/mol. The van der Waals surface area contributed by atoms with E-state index in [-0.39, 0.29) is 30.4 Å². The lowest BCUT2D eigenvalue weighted by Crippen LogP contribution is -2.48. The number of urea groups is 1. The summed E-state index contributed by atoms with van der Waals surface area (Å²) in [5.41, 5.74) is 0. The number of amides is 3. The monoisotopic (exact) mass is 313 g/mol. The van der Waals surface area contributed by atoms with Gasteiger partial charge in [0.1, 0.15) is 0 Å². The summed E-state index contributed by atoms with van der Waals surface area (Å²) in [5.74, 6) is -0.553. The highest BCUT2D eigenvalue weighted by Gasteiger charge is 2.27. The molecular formula is C15H27N3O4. The van der Waals surface area contributed by atoms with Gasteiger partial charge in [0.05, 0.1) is 19.1 Å². The number of imide groups is 1. The fourth-order valence-corrected chi connectivity index (χ4v) is 2.32. The summed E-state index contributed by atoms with van der Waals surface area (Å²) < 4.78 is 5.01. The second-order valence-electron chi connectivity index (χ2n) is 5.63. The predicted molar refractivity (Wildman–Crippen MR) is 82.2 cm³/mol. The highest BCUT2D eigenvalue weighted by atomic mass is 16.5. The number of nitrogens with zero attached hydrogens (tertiary/aromatic N) is 1. The number of carbonyl (C=O) groups excluding carboxylic acids is 3. The second kappa shape index (κ2) is 9.40. The van der Waals surface area contributed by atoms with Crippen LogP contribution < -0.4 is 10.6 Å². The van der Waals surface area contributed by atoms with E-state index in [0.29, 0.717) is 32.5 Å². The number of hydrogen-bond donors (Lipinski definition) is 2. The molecule has 0 radical (unpaired) electrons. The van der Waals surface area contributed by atoms with E-state index < -0.39 is 6.03 Å². The Labute approximate surface area is 131 Å². The van der Waals surface area contributed by atoms with Gasteiger partial charge in [0, 0.05) is 6.04 Å². The fourth-order valence-electron chi connectivity index (χ4n) is 2.32. The molecule has 1 aliphatic rings. The summed E-state index contributed by atoms with van der Waals surface area (Å²) in [4.78, 5) is 36.9. The van der Waals surface area contributed by atoms with Crippen LogP contribution in [0.2, 0.25) is 0 Å². The molecule has 0 bridgehead atoms. The Balaban J connectivity index is 2.27. The average Bonchev–Trinajstić information content (AvgIpc) is 2.47. The van der Waals surface area contributed by atoms with Crippen molar-refractivity contribution in [2.75, 3.05) is 26.2 Å². The van der Waals surface area contributed by atoms with Crippen molar-refractivity contribution >= 4 is 17.9 Å². The van der Waals surface area contributed by atoms with Crippen molar-refractivity contribution in [3.8, 4) is 0 Å². The third-order valence-electron chi connectivity index (χ3n) is 3.82. The first-order chi connectivity index (χ1) is 10.5. The SMILES string of the molecule is CCOC(=O)C1CCN(CC(=O)NC(=O)N[C@H](C)CC)CC1. The van der Waals surface area contributed by atoms with Crippen LogP contribution in [0.1, 0.15) is 40.0 Å². The van der Waals surface area contributed by atoms with E-state index in [1.54, 1.807) is 6.92 Å². The number of rotatable bonds is 6. The molecule has 1 rings (SSSR count). The Morgan fingerprint density at radius 3 is 2.41 bits per heavy atom. The lowest BCUT2D eigenvalue weighted by Gasteiger charge is -2.30. The van der Waals surface area contributed by atoms with Gasteiger partial charge in [-0.15, -0.1) is 0 Å². The molecule has 0 saturated carbocycles. The number of piperidine rings is 1. The summed E-state index contributed by atoms with van der Waals surface area (Å²) >= 11 is 0. The molecule has 1 saturated heterocycles. The first-order valence-corrected chi connectivity index (χ1v) is 7.95. The van der Waals surface area contributed by atoms with E-state index in [1.165, 1.54) is 0 Å². The number of esters is 1. The van der Waals surface area contributed by atoms with Crippen LogP contribution in [0, 0.1) is 5.92 Å². The molecule has 0 aliphatic carbocycles. The van der Waals surface area contributed by atoms with Crippen LogP contribution in [0.5, 0.6) is 0 Å². The highest BCUT2D eigenvalue weighted by Crippen LogP contribution is 2.18. The molecule has 22 heavy (non-hydrogen) atoms. The number of hydrogen-bond acceptors (Lipinski definition) is 5. The molecular weight excluding hydrogens is 286 g/mol. The van der Waals surface area contributed by atoms with Gasteiger partial charge in [-0.05, 0) is 46.2 Å². The third kappa shape index (κ3) is 6.43. The Morgan fingerprint density at radius 1 is 1.23 bits per heavy atom. The molecule has 7 heteroatoms. The topological polar surface area (TPSA) is 87.7 Å². The van der Waals surface area contributed by atoms with Gasteiger partial charge >= 0.3 is 12.0 Å². The quantitative estimate of drug-likeness (QED) is 0.711. The van der Waals surface area contributed by atoms with Crippen LogP contribution in [0.15, 0.2) is 0 Å². The number of carbonyl (C=O) groups is 3. The summed E-state index contributed by atoms with van der Waals surface area (Å²) in [7, 11) is 0. The minimum Gasteiger partial charge on any atom is -0.466 e. The van der Waals surface area contributed by atoms with Gasteiger partial charge in [0.2, 0.25) is 5.91 Å². The Kier molecular flexibility index (Phi) is 7.87. The van der Waals surface area contributed by atoms with Crippen LogP contribution in [0.3, 0.4) is 0 Å². The number of nitrogens with one attached hydrogen (secondary N) is 2. The van der Waals surface area contributed by atoms with Crippen LogP contribution >= 0.6 is 0 Å². The zero-order chi connectivity index (χ0) is 16.5. The van der Waals surface area contributed by atoms with Gasteiger partial charge in [-0.2, -0.15) is 0 Å². The van der Waals surface area contributed by atoms with E-state index in [9.17, 15) is 14.4 Å². The van der Waals surface area contributed by atoms with E-state index in [0.717, 1.165) is 6.42 Å². The highest BCUT2D eigenvalue weighted by molar-refractivity contribution is 5.95. The molecule has 0 aromatic carbocycles. The zero-order valence-electron chi connectivity index (χ0n) is 13.7. The standard InChI is InChI=1S/C15H27N3O4/c1-4-11(3)16-15(21)17-13(19)10-18-8-6-12(7-9-18)14(20)22-5-2/h11-12H,4-10H2,1-3H3,(H2,16,17,19,21)/t11-/m1/s1. The van der Waals surface area contributed by atoms with Crippen molar-refractivity contribution in [3.63, 3.8) is 0 Å². The minimum atomic E-state index is -0.458. The second-order valence-corrected chi connectivity index (χ2v) is 5.63. The van der Waals surface area contributed by atoms with Crippen molar-refractivity contribution in [3.05, 3.63) is 0 Å². The molecule has 2 N–H and O–H groups in total. The van der Waals surface area contributed by atoms with E-state index in [4.69, 9.17) is 4.74 Å². The first kappa shape index (κ1) is 18.4. The van der Waals surface area contributed by atoms with Crippen LogP contribution in [0.25, 0.3) is 0 Å². The smallest absolute Gasteiger partial charge is 0.321 e. The normalized spacial score (nSPS) is 17.6. The summed E-state index contributed by atoms with van der Waals surface area (Å²) in [6, 6.07) is -0.422. The maximum atomic E-state index is 11.8. The van der Waals surface area contributed by atoms with Crippen LogP contribution in [0.4, 0.5) is 4.79 Å². The van der Waals surface area contributed by atoms with Gasteiger partial charge in [0.15, 0.2) is 0 Å². The van der Waals surface area contributed by atoms with Crippen molar-refractivity contribution in [2.24, 2.45) is 5.92 Å². The molecule has 1 heterocycles. The third-order valence-corrected chi connectivity index (χ3v) is 3.82. The summed E-state index contributed by atoms with van der Waals surface area (Å²) in [5, 5.41) is 5.01. The molecule has 0 unspecified atom stereocenters. The summed E-state index contributed by atoms with van der Waals surface area (Å²) in [6.07, 6.45) is 2.18. The molecule has 0 aromatic rings. The maximum Gasteiger partial charge on any atom is 0.321 e. The molecule has 7 nitrogen and oxygen atoms in total. The first-order valence-electron chi connectivity index (χ1n) is 7.95. The van der Waals surface area contributed by atoms with E-state index in [2.05, 4.69) is 10.6 Å². The number of likely N-dealkylation sites (tertiary alicyclic amines) is 1. The lowest BCUT2D eigenvalue weighted by atomic mass is 9.97. The zero-order valence-corrected chi connectivity index (χ0v) is 13.7. The van der Waals surface area contributed by atoms with Crippen LogP contribution in [-0.2, 0) is 14.3 Å². The molecule has 3 amide bonds. The maximum absolute atomic E-state index is 11.8. The van der Waals surface area contributed by atoms with Gasteiger partial charge in [-0.25, -0.2) is 4.79 Å². The molecule has 1 fully saturated rings. The van der Waals surface area contributed by atoms with Crippen molar-refractivity contribution in [2.45, 2.75) is 46.1 Å². The van der Waals surface area contributed by atoms with E-state index in [1.807, 2.05) is 18.7 Å². The largest absolute Gasteiger partial charge is 0.466 e. The Morgan fingerprint density at radius 2 is 1.86 bits per heavy atom. The Bertz CT molecular complexity index is 392. The van der Waals surface area contributed by atoms with Crippen molar-refractivity contribution in [1.82, 2.24) is 15.5 Å². The molecule has 126 valence electrons. The van der Waals surface area contributed by atoms with E-state index >= 15 is 0 Å². The van der Waals surface area contributed by atoms with Crippen LogP contribution in [-0.4, -0.2) is 55.1 Å². The van der Waals surface area contributed by atoms with Gasteiger partial charge in [-0.1, -0.05) is 6.92 Å². The molecule has 1 aliphatic heterocycles. The fraction of sp³-hybridized carbons (Fsp3) is 0.800. The van der Waals surface area contributed by atoms with Crippen molar-refractivity contribution in [1.29, 1.82) is 0 Å². The Hall–Kier alpha value is -1.63. The van der Waals surface area contributed by atoms with Gasteiger partial charge in [0.25, 0.3) is 0 Å². The lowest BCUT2D eigenvalue weighted by molar-refractivity contribution is -0.149. The molecule has 0 spiro atoms. The number of ether oxygens (including phenoxy) is 1. The summed E-state index contributed by atoms with van der Waals surface area (Å²) in [6.45, 7) is 7.51. The van der Waals surface area contributed by atoms with Gasteiger partial charge < -0.3 is 10.1 Å². The molecule has 0 aromatic heterocycles. The molecule has 1 atom stereocenters. The predicted octanol–water partition coefficient (Wildman–Crippen LogP) is 0.886.